The van der Waals surface area contributed by atoms with Gasteiger partial charge in [-0.2, -0.15) is 0 Å². The monoisotopic (exact) mass is 476 g/mol. The van der Waals surface area contributed by atoms with Crippen LogP contribution in [-0.4, -0.2) is 73.2 Å². The van der Waals surface area contributed by atoms with Crippen molar-refractivity contribution < 1.29 is 14.3 Å². The predicted molar refractivity (Wildman–Crippen MR) is 135 cm³/mol. The van der Waals surface area contributed by atoms with Crippen molar-refractivity contribution in [2.24, 2.45) is 0 Å². The van der Waals surface area contributed by atoms with Gasteiger partial charge in [0.05, 0.1) is 0 Å². The number of fused-ring (bicyclic) bond motifs is 3. The largest absolute Gasteiger partial charge is 0.486 e. The molecule has 1 aromatic carbocycles. The minimum absolute atomic E-state index is 0.176. The van der Waals surface area contributed by atoms with E-state index in [1.807, 2.05) is 29.3 Å². The van der Waals surface area contributed by atoms with E-state index in [1.54, 1.807) is 0 Å². The number of pyridine rings is 1. The van der Waals surface area contributed by atoms with Crippen LogP contribution in [0.4, 0.5) is 5.82 Å². The summed E-state index contributed by atoms with van der Waals surface area (Å²) in [6.45, 7) is 8.56. The number of rotatable bonds is 4. The standard InChI is InChI=1S/C28H36N4O3/c1-21-22-18-24-25(35-17-16-34-24)19-23(22)28(8-3-4-9-28)20-32(21)11-7-27(33)31-14-12-30(13-15-31)26-6-2-5-10-29-26/h2,5-6,10,18-19,21H,3-4,7-9,11-17,20H2,1H3. The summed E-state index contributed by atoms with van der Waals surface area (Å²) >= 11 is 0. The van der Waals surface area contributed by atoms with Gasteiger partial charge in [-0.25, -0.2) is 4.98 Å². The molecule has 0 radical (unpaired) electrons. The topological polar surface area (TPSA) is 58.1 Å². The minimum Gasteiger partial charge on any atom is -0.486 e. The van der Waals surface area contributed by atoms with Crippen LogP contribution >= 0.6 is 0 Å². The van der Waals surface area contributed by atoms with Crippen LogP contribution in [-0.2, 0) is 10.2 Å². The average molecular weight is 477 g/mol. The molecule has 2 fully saturated rings. The summed E-state index contributed by atoms with van der Waals surface area (Å²) in [6.07, 6.45) is 7.38. The maximum absolute atomic E-state index is 13.2. The summed E-state index contributed by atoms with van der Waals surface area (Å²) in [7, 11) is 0. The molecule has 0 bridgehead atoms. The van der Waals surface area contributed by atoms with Gasteiger partial charge in [0, 0.05) is 63.3 Å². The van der Waals surface area contributed by atoms with Crippen LogP contribution in [0.15, 0.2) is 36.5 Å². The molecule has 1 aromatic heterocycles. The summed E-state index contributed by atoms with van der Waals surface area (Å²) in [4.78, 5) is 24.5. The Morgan fingerprint density at radius 1 is 1.06 bits per heavy atom. The number of piperazine rings is 1. The molecule has 1 saturated carbocycles. The Hall–Kier alpha value is -2.80. The van der Waals surface area contributed by atoms with Crippen molar-refractivity contribution in [1.29, 1.82) is 0 Å². The molecule has 3 aliphatic heterocycles. The number of carbonyl (C=O) groups is 1. The number of nitrogens with zero attached hydrogens (tertiary/aromatic N) is 4. The molecule has 0 N–H and O–H groups in total. The smallest absolute Gasteiger partial charge is 0.223 e. The lowest BCUT2D eigenvalue weighted by molar-refractivity contribution is -0.132. The number of hydrogen-bond acceptors (Lipinski definition) is 6. The third kappa shape index (κ3) is 4.24. The van der Waals surface area contributed by atoms with Gasteiger partial charge >= 0.3 is 0 Å². The quantitative estimate of drug-likeness (QED) is 0.670. The second-order valence-electron chi connectivity index (χ2n) is 10.5. The summed E-state index contributed by atoms with van der Waals surface area (Å²) in [5.74, 6) is 3.05. The van der Waals surface area contributed by atoms with Crippen molar-refractivity contribution in [2.75, 3.05) is 57.4 Å². The Kier molecular flexibility index (Phi) is 6.04. The maximum Gasteiger partial charge on any atom is 0.223 e. The lowest BCUT2D eigenvalue weighted by Gasteiger charge is -2.46. The molecular weight excluding hydrogens is 440 g/mol. The van der Waals surface area contributed by atoms with Crippen molar-refractivity contribution in [2.45, 2.75) is 50.5 Å². The van der Waals surface area contributed by atoms with E-state index >= 15 is 0 Å². The first-order valence-electron chi connectivity index (χ1n) is 13.2. The summed E-state index contributed by atoms with van der Waals surface area (Å²) in [5.41, 5.74) is 2.99. The fourth-order valence-corrected chi connectivity index (χ4v) is 6.59. The van der Waals surface area contributed by atoms with Crippen molar-refractivity contribution in [3.63, 3.8) is 0 Å². The second kappa shape index (κ2) is 9.34. The van der Waals surface area contributed by atoms with Crippen LogP contribution in [0.5, 0.6) is 11.5 Å². The second-order valence-corrected chi connectivity index (χ2v) is 10.5. The lowest BCUT2D eigenvalue weighted by atomic mass is 9.71. The maximum atomic E-state index is 13.2. The van der Waals surface area contributed by atoms with Crippen molar-refractivity contribution in [3.8, 4) is 11.5 Å². The zero-order valence-electron chi connectivity index (χ0n) is 20.7. The molecule has 35 heavy (non-hydrogen) atoms. The molecule has 1 atom stereocenters. The van der Waals surface area contributed by atoms with Gasteiger partial charge in [-0.15, -0.1) is 0 Å². The molecule has 186 valence electrons. The van der Waals surface area contributed by atoms with Crippen molar-refractivity contribution >= 4 is 11.7 Å². The van der Waals surface area contributed by atoms with Crippen molar-refractivity contribution in [1.82, 2.24) is 14.8 Å². The van der Waals surface area contributed by atoms with E-state index in [2.05, 4.69) is 33.8 Å². The van der Waals surface area contributed by atoms with Crippen LogP contribution < -0.4 is 14.4 Å². The zero-order chi connectivity index (χ0) is 23.8. The van der Waals surface area contributed by atoms with E-state index in [0.717, 1.165) is 56.6 Å². The van der Waals surface area contributed by atoms with Gasteiger partial charge in [0.15, 0.2) is 11.5 Å². The fourth-order valence-electron chi connectivity index (χ4n) is 6.59. The van der Waals surface area contributed by atoms with E-state index in [1.165, 1.54) is 36.8 Å². The highest BCUT2D eigenvalue weighted by molar-refractivity contribution is 5.76. The Balaban J connectivity index is 1.13. The van der Waals surface area contributed by atoms with Crippen LogP contribution in [0, 0.1) is 0 Å². The number of ether oxygens (including phenoxy) is 2. The Morgan fingerprint density at radius 2 is 1.80 bits per heavy atom. The molecule has 1 unspecified atom stereocenters. The molecule has 1 spiro atoms. The fraction of sp³-hybridized carbons (Fsp3) is 0.571. The first-order chi connectivity index (χ1) is 17.1. The highest BCUT2D eigenvalue weighted by Gasteiger charge is 2.45. The Labute approximate surface area is 208 Å². The first-order valence-corrected chi connectivity index (χ1v) is 13.2. The predicted octanol–water partition coefficient (Wildman–Crippen LogP) is 3.78. The van der Waals surface area contributed by atoms with Crippen LogP contribution in [0.1, 0.15) is 56.2 Å². The number of benzene rings is 1. The molecule has 7 heteroatoms. The molecule has 4 heterocycles. The van der Waals surface area contributed by atoms with Gasteiger partial charge in [0.25, 0.3) is 0 Å². The number of carbonyl (C=O) groups excluding carboxylic acids is 1. The summed E-state index contributed by atoms with van der Waals surface area (Å²) in [6, 6.07) is 10.8. The number of aromatic nitrogens is 1. The average Bonchev–Trinajstić information content (AvgIpc) is 3.39. The molecule has 1 aliphatic carbocycles. The van der Waals surface area contributed by atoms with Gasteiger partial charge in [-0.3, -0.25) is 9.69 Å². The van der Waals surface area contributed by atoms with Crippen LogP contribution in [0.2, 0.25) is 0 Å². The molecule has 4 aliphatic rings. The molecule has 7 nitrogen and oxygen atoms in total. The highest BCUT2D eigenvalue weighted by Crippen LogP contribution is 2.51. The third-order valence-electron chi connectivity index (χ3n) is 8.57. The van der Waals surface area contributed by atoms with Gasteiger partial charge in [-0.05, 0) is 55.2 Å². The normalized spacial score (nSPS) is 23.4. The van der Waals surface area contributed by atoms with Crippen molar-refractivity contribution in [3.05, 3.63) is 47.7 Å². The summed E-state index contributed by atoms with van der Waals surface area (Å²) < 4.78 is 11.9. The van der Waals surface area contributed by atoms with E-state index in [0.29, 0.717) is 19.6 Å². The number of hydrogen-bond donors (Lipinski definition) is 0. The summed E-state index contributed by atoms with van der Waals surface area (Å²) in [5, 5.41) is 0. The highest BCUT2D eigenvalue weighted by atomic mass is 16.6. The molecule has 6 rings (SSSR count). The van der Waals surface area contributed by atoms with Crippen LogP contribution in [0.25, 0.3) is 0 Å². The van der Waals surface area contributed by atoms with E-state index in [9.17, 15) is 4.79 Å². The Bertz CT molecular complexity index is 1060. The van der Waals surface area contributed by atoms with E-state index in [-0.39, 0.29) is 17.4 Å². The lowest BCUT2D eigenvalue weighted by Crippen LogP contribution is -2.50. The molecular formula is C28H36N4O3. The molecule has 2 aromatic rings. The van der Waals surface area contributed by atoms with Gasteiger partial charge in [0.1, 0.15) is 19.0 Å². The van der Waals surface area contributed by atoms with Gasteiger partial charge in [-0.1, -0.05) is 18.9 Å². The van der Waals surface area contributed by atoms with E-state index in [4.69, 9.17) is 9.47 Å². The van der Waals surface area contributed by atoms with Gasteiger partial charge in [0.2, 0.25) is 5.91 Å². The van der Waals surface area contributed by atoms with E-state index < -0.39 is 0 Å². The SMILES string of the molecule is CC1c2cc3c(cc2C2(CCCC2)CN1CCC(=O)N1CCN(c2ccccn2)CC1)OCCO3. The zero-order valence-corrected chi connectivity index (χ0v) is 20.7. The minimum atomic E-state index is 0.176. The molecule has 1 amide bonds. The molecule has 1 saturated heterocycles. The third-order valence-corrected chi connectivity index (χ3v) is 8.57. The Morgan fingerprint density at radius 3 is 2.51 bits per heavy atom. The number of anilines is 1. The first kappa shape index (κ1) is 22.7. The van der Waals surface area contributed by atoms with Crippen LogP contribution in [0.3, 0.4) is 0 Å². The number of amides is 1. The van der Waals surface area contributed by atoms with Gasteiger partial charge < -0.3 is 19.3 Å².